The summed E-state index contributed by atoms with van der Waals surface area (Å²) in [6, 6.07) is 15.4. The number of carbonyl (C=O) groups is 1. The Hall–Kier alpha value is -3.05. The van der Waals surface area contributed by atoms with E-state index in [1.54, 1.807) is 29.3 Å². The molecule has 0 saturated carbocycles. The van der Waals surface area contributed by atoms with Crippen LogP contribution in [0.4, 0.5) is 5.82 Å². The van der Waals surface area contributed by atoms with Crippen LogP contribution in [0, 0.1) is 0 Å². The van der Waals surface area contributed by atoms with Gasteiger partial charge in [0.15, 0.2) is 0 Å². The zero-order valence-electron chi connectivity index (χ0n) is 20.5. The molecule has 2 saturated heterocycles. The van der Waals surface area contributed by atoms with Gasteiger partial charge in [-0.2, -0.15) is 0 Å². The molecule has 37 heavy (non-hydrogen) atoms. The lowest BCUT2D eigenvalue weighted by Crippen LogP contribution is -2.37. The maximum absolute atomic E-state index is 13.4. The lowest BCUT2D eigenvalue weighted by Gasteiger charge is -2.26. The van der Waals surface area contributed by atoms with Crippen LogP contribution < -0.4 is 10.9 Å². The first-order chi connectivity index (χ1) is 18.1. The SMILES string of the molecule is O=C1C(=Cc2c(NCCCN3CCOCC3)nc3ccccn3c2=O)SC(=S)N1CCc1ccccc1. The fourth-order valence-electron chi connectivity index (χ4n) is 4.41. The third-order valence-corrected chi connectivity index (χ3v) is 7.81. The molecule has 4 heterocycles. The molecule has 3 aromatic rings. The third kappa shape index (κ3) is 6.10. The predicted molar refractivity (Wildman–Crippen MR) is 152 cm³/mol. The number of pyridine rings is 1. The van der Waals surface area contributed by atoms with E-state index in [2.05, 4.69) is 10.2 Å². The number of hydrogen-bond donors (Lipinski definition) is 1. The minimum atomic E-state index is -0.226. The summed E-state index contributed by atoms with van der Waals surface area (Å²) in [5.74, 6) is 0.300. The number of ether oxygens (including phenoxy) is 1. The van der Waals surface area contributed by atoms with Gasteiger partial charge < -0.3 is 10.1 Å². The van der Waals surface area contributed by atoms with Gasteiger partial charge in [0, 0.05) is 32.4 Å². The quantitative estimate of drug-likeness (QED) is 0.254. The number of benzene rings is 1. The molecule has 2 aliphatic heterocycles. The van der Waals surface area contributed by atoms with Gasteiger partial charge in [-0.05, 0) is 43.2 Å². The third-order valence-electron chi connectivity index (χ3n) is 6.43. The van der Waals surface area contributed by atoms with E-state index >= 15 is 0 Å². The molecule has 1 N–H and O–H groups in total. The van der Waals surface area contributed by atoms with Crippen LogP contribution in [-0.4, -0.2) is 75.3 Å². The number of hydrogen-bond acceptors (Lipinski definition) is 8. The van der Waals surface area contributed by atoms with E-state index in [4.69, 9.17) is 21.9 Å². The summed E-state index contributed by atoms with van der Waals surface area (Å²) < 4.78 is 7.42. The molecule has 8 nitrogen and oxygen atoms in total. The summed E-state index contributed by atoms with van der Waals surface area (Å²) in [5, 5.41) is 3.35. The van der Waals surface area contributed by atoms with Crippen molar-refractivity contribution in [1.82, 2.24) is 19.2 Å². The van der Waals surface area contributed by atoms with Crippen LogP contribution in [0.2, 0.25) is 0 Å². The number of carbonyl (C=O) groups excluding carboxylic acids is 1. The van der Waals surface area contributed by atoms with E-state index in [9.17, 15) is 9.59 Å². The molecule has 10 heteroatoms. The Morgan fingerprint density at radius 1 is 1.05 bits per heavy atom. The van der Waals surface area contributed by atoms with Crippen LogP contribution in [-0.2, 0) is 16.0 Å². The lowest BCUT2D eigenvalue weighted by atomic mass is 10.1. The summed E-state index contributed by atoms with van der Waals surface area (Å²) >= 11 is 6.74. The van der Waals surface area contributed by atoms with E-state index in [0.29, 0.717) is 45.8 Å². The van der Waals surface area contributed by atoms with Crippen molar-refractivity contribution in [3.05, 3.63) is 81.1 Å². The molecule has 2 fully saturated rings. The van der Waals surface area contributed by atoms with Gasteiger partial charge in [-0.25, -0.2) is 4.98 Å². The Balaban J connectivity index is 1.35. The Labute approximate surface area is 225 Å². The smallest absolute Gasteiger partial charge is 0.267 e. The monoisotopic (exact) mass is 535 g/mol. The molecule has 0 atom stereocenters. The molecule has 1 aromatic carbocycles. The number of amides is 1. The number of morpholine rings is 1. The van der Waals surface area contributed by atoms with Crippen LogP contribution in [0.3, 0.4) is 0 Å². The van der Waals surface area contributed by atoms with Crippen LogP contribution in [0.15, 0.2) is 64.4 Å². The number of fused-ring (bicyclic) bond motifs is 1. The predicted octanol–water partition coefficient (Wildman–Crippen LogP) is 3.27. The highest BCUT2D eigenvalue weighted by Gasteiger charge is 2.32. The Bertz CT molecular complexity index is 1370. The van der Waals surface area contributed by atoms with Gasteiger partial charge >= 0.3 is 0 Å². The molecule has 0 spiro atoms. The highest BCUT2D eigenvalue weighted by atomic mass is 32.2. The standard InChI is InChI=1S/C27H29N5O3S2/c33-25-21(19-22-26(34)32(27(36)37-22)14-10-20-7-2-1-3-8-20)24(29-23-9-4-5-13-31(23)25)28-11-6-12-30-15-17-35-18-16-30/h1-5,7-9,13,19,28H,6,10-12,14-18H2. The number of nitrogens with one attached hydrogen (secondary N) is 1. The number of thiocarbonyl (C=S) groups is 1. The highest BCUT2D eigenvalue weighted by Crippen LogP contribution is 2.33. The summed E-state index contributed by atoms with van der Waals surface area (Å²) in [4.78, 5) is 35.8. The molecular weight excluding hydrogens is 506 g/mol. The van der Waals surface area contributed by atoms with Crippen molar-refractivity contribution in [2.75, 3.05) is 51.3 Å². The fourth-order valence-corrected chi connectivity index (χ4v) is 5.70. The van der Waals surface area contributed by atoms with Crippen molar-refractivity contribution in [2.45, 2.75) is 12.8 Å². The van der Waals surface area contributed by atoms with E-state index < -0.39 is 0 Å². The zero-order chi connectivity index (χ0) is 25.6. The Morgan fingerprint density at radius 2 is 1.84 bits per heavy atom. The van der Waals surface area contributed by atoms with Crippen molar-refractivity contribution in [3.8, 4) is 0 Å². The maximum Gasteiger partial charge on any atom is 0.267 e. The average molecular weight is 536 g/mol. The minimum absolute atomic E-state index is 0.179. The number of thioether (sulfide) groups is 1. The summed E-state index contributed by atoms with van der Waals surface area (Å²) in [7, 11) is 0. The second kappa shape index (κ2) is 12.0. The molecule has 5 rings (SSSR count). The van der Waals surface area contributed by atoms with Gasteiger partial charge in [-0.15, -0.1) is 0 Å². The van der Waals surface area contributed by atoms with Gasteiger partial charge in [0.25, 0.3) is 11.5 Å². The highest BCUT2D eigenvalue weighted by molar-refractivity contribution is 8.26. The molecule has 2 aliphatic rings. The Kier molecular flexibility index (Phi) is 8.30. The van der Waals surface area contributed by atoms with Crippen molar-refractivity contribution >= 4 is 51.7 Å². The molecule has 0 unspecified atom stereocenters. The molecule has 0 radical (unpaired) electrons. The summed E-state index contributed by atoms with van der Waals surface area (Å²) in [5.41, 5.74) is 1.83. The molecule has 0 bridgehead atoms. The first-order valence-electron chi connectivity index (χ1n) is 12.4. The Morgan fingerprint density at radius 3 is 2.65 bits per heavy atom. The van der Waals surface area contributed by atoms with Crippen LogP contribution in [0.1, 0.15) is 17.5 Å². The molecule has 1 amide bonds. The van der Waals surface area contributed by atoms with Crippen molar-refractivity contribution in [2.24, 2.45) is 0 Å². The van der Waals surface area contributed by atoms with E-state index in [0.717, 1.165) is 44.8 Å². The number of aromatic nitrogens is 2. The molecular formula is C27H29N5O3S2. The van der Waals surface area contributed by atoms with Crippen molar-refractivity contribution in [3.63, 3.8) is 0 Å². The lowest BCUT2D eigenvalue weighted by molar-refractivity contribution is -0.122. The van der Waals surface area contributed by atoms with Gasteiger partial charge in [-0.1, -0.05) is 60.4 Å². The van der Waals surface area contributed by atoms with Crippen molar-refractivity contribution in [1.29, 1.82) is 0 Å². The van der Waals surface area contributed by atoms with Crippen LogP contribution in [0.25, 0.3) is 11.7 Å². The zero-order valence-corrected chi connectivity index (χ0v) is 22.1. The maximum atomic E-state index is 13.4. The topological polar surface area (TPSA) is 79.2 Å². The average Bonchev–Trinajstić information content (AvgIpc) is 3.20. The first kappa shape index (κ1) is 25.6. The molecule has 0 aliphatic carbocycles. The van der Waals surface area contributed by atoms with Gasteiger partial charge in [0.05, 0.1) is 23.7 Å². The van der Waals surface area contributed by atoms with E-state index in [-0.39, 0.29) is 11.5 Å². The van der Waals surface area contributed by atoms with Gasteiger partial charge in [-0.3, -0.25) is 23.8 Å². The largest absolute Gasteiger partial charge is 0.379 e. The van der Waals surface area contributed by atoms with E-state index in [1.807, 2.05) is 36.4 Å². The second-order valence-corrected chi connectivity index (χ2v) is 10.6. The minimum Gasteiger partial charge on any atom is -0.379 e. The molecule has 2 aromatic heterocycles. The van der Waals surface area contributed by atoms with Gasteiger partial charge in [0.2, 0.25) is 0 Å². The second-order valence-electron chi connectivity index (χ2n) is 8.91. The first-order valence-corrected chi connectivity index (χ1v) is 13.7. The van der Waals surface area contributed by atoms with Crippen molar-refractivity contribution < 1.29 is 9.53 Å². The number of nitrogens with zero attached hydrogens (tertiary/aromatic N) is 4. The normalized spacial score (nSPS) is 17.7. The van der Waals surface area contributed by atoms with Crippen LogP contribution in [0.5, 0.6) is 0 Å². The van der Waals surface area contributed by atoms with Crippen LogP contribution >= 0.6 is 24.0 Å². The number of rotatable bonds is 9. The summed E-state index contributed by atoms with van der Waals surface area (Å²) in [6.07, 6.45) is 4.93. The fraction of sp³-hybridized carbons (Fsp3) is 0.333. The van der Waals surface area contributed by atoms with E-state index in [1.165, 1.54) is 16.2 Å². The van der Waals surface area contributed by atoms with Gasteiger partial charge in [0.1, 0.15) is 15.8 Å². The molecule has 192 valence electrons. The summed E-state index contributed by atoms with van der Waals surface area (Å²) in [6.45, 7) is 5.51. The number of anilines is 1.